The maximum atomic E-state index is 12.1. The van der Waals surface area contributed by atoms with E-state index in [-0.39, 0.29) is 5.43 Å². The zero-order valence-corrected chi connectivity index (χ0v) is 11.1. The summed E-state index contributed by atoms with van der Waals surface area (Å²) in [6.07, 6.45) is 4.14. The molecule has 0 saturated carbocycles. The number of furan rings is 1. The Morgan fingerprint density at radius 1 is 1.11 bits per heavy atom. The second-order valence-electron chi connectivity index (χ2n) is 4.58. The van der Waals surface area contributed by atoms with E-state index in [1.165, 1.54) is 0 Å². The quantitative estimate of drug-likeness (QED) is 0.831. The monoisotopic (exact) mass is 246 g/mol. The van der Waals surface area contributed by atoms with Crippen molar-refractivity contribution < 1.29 is 8.83 Å². The Kier molecular flexibility index (Phi) is 3.70. The highest BCUT2D eigenvalue weighted by Crippen LogP contribution is 2.13. The summed E-state index contributed by atoms with van der Waals surface area (Å²) in [5, 5.41) is 0. The van der Waals surface area contributed by atoms with Gasteiger partial charge in [0.25, 0.3) is 0 Å². The molecule has 0 aromatic carbocycles. The van der Waals surface area contributed by atoms with Gasteiger partial charge in [-0.2, -0.15) is 0 Å². The molecule has 0 radical (unpaired) electrons. The molecule has 0 spiro atoms. The average molecular weight is 246 g/mol. The fourth-order valence-electron chi connectivity index (χ4n) is 2.10. The van der Waals surface area contributed by atoms with Gasteiger partial charge >= 0.3 is 0 Å². The van der Waals surface area contributed by atoms with E-state index in [9.17, 15) is 4.79 Å². The van der Waals surface area contributed by atoms with Gasteiger partial charge in [-0.25, -0.2) is 0 Å². The molecule has 0 aliphatic heterocycles. The zero-order chi connectivity index (χ0) is 13.1. The van der Waals surface area contributed by atoms with Crippen LogP contribution in [-0.2, 0) is 12.8 Å². The van der Waals surface area contributed by atoms with Crippen molar-refractivity contribution in [2.75, 3.05) is 0 Å². The SMILES string of the molecule is Cc1oc(C)c(CCCc2ccco2)c(=O)c1C. The van der Waals surface area contributed by atoms with Crippen LogP contribution in [-0.4, -0.2) is 0 Å². The number of hydrogen-bond donors (Lipinski definition) is 0. The molecule has 0 amide bonds. The zero-order valence-electron chi connectivity index (χ0n) is 11.1. The van der Waals surface area contributed by atoms with Crippen LogP contribution >= 0.6 is 0 Å². The van der Waals surface area contributed by atoms with Gasteiger partial charge in [-0.1, -0.05) is 0 Å². The molecule has 0 aliphatic rings. The summed E-state index contributed by atoms with van der Waals surface area (Å²) in [7, 11) is 0. The Bertz CT molecular complexity index is 577. The molecule has 2 aromatic heterocycles. The second-order valence-corrected chi connectivity index (χ2v) is 4.58. The summed E-state index contributed by atoms with van der Waals surface area (Å²) in [6, 6.07) is 3.83. The van der Waals surface area contributed by atoms with Crippen LogP contribution < -0.4 is 5.43 Å². The molecule has 0 N–H and O–H groups in total. The van der Waals surface area contributed by atoms with Crippen LogP contribution in [0.2, 0.25) is 0 Å². The first-order chi connectivity index (χ1) is 8.59. The molecule has 3 heteroatoms. The van der Waals surface area contributed by atoms with Crippen molar-refractivity contribution in [1.29, 1.82) is 0 Å². The molecule has 0 fully saturated rings. The Labute approximate surface area is 106 Å². The minimum Gasteiger partial charge on any atom is -0.469 e. The molecule has 3 nitrogen and oxygen atoms in total. The molecule has 2 aromatic rings. The largest absolute Gasteiger partial charge is 0.469 e. The Hall–Kier alpha value is -1.77. The van der Waals surface area contributed by atoms with Gasteiger partial charge in [0.1, 0.15) is 17.3 Å². The van der Waals surface area contributed by atoms with E-state index in [0.29, 0.717) is 11.3 Å². The van der Waals surface area contributed by atoms with E-state index < -0.39 is 0 Å². The van der Waals surface area contributed by atoms with Crippen molar-refractivity contribution in [3.8, 4) is 0 Å². The summed E-state index contributed by atoms with van der Waals surface area (Å²) in [5.41, 5.74) is 1.63. The van der Waals surface area contributed by atoms with Crippen LogP contribution in [0.4, 0.5) is 0 Å². The smallest absolute Gasteiger partial charge is 0.191 e. The van der Waals surface area contributed by atoms with Crippen molar-refractivity contribution in [2.45, 2.75) is 40.0 Å². The van der Waals surface area contributed by atoms with Crippen molar-refractivity contribution in [3.05, 3.63) is 57.0 Å². The molecular formula is C15H18O3. The Balaban J connectivity index is 2.10. The first-order valence-corrected chi connectivity index (χ1v) is 6.21. The highest BCUT2D eigenvalue weighted by molar-refractivity contribution is 5.25. The van der Waals surface area contributed by atoms with E-state index in [1.807, 2.05) is 32.9 Å². The standard InChI is InChI=1S/C15H18O3/c1-10-11(2)18-12(3)14(15(10)16)8-4-6-13-7-5-9-17-13/h5,7,9H,4,6,8H2,1-3H3. The minimum atomic E-state index is 0.121. The predicted molar refractivity (Wildman–Crippen MR) is 69.9 cm³/mol. The highest BCUT2D eigenvalue weighted by atomic mass is 16.3. The van der Waals surface area contributed by atoms with Crippen LogP contribution in [0.15, 0.2) is 32.0 Å². The van der Waals surface area contributed by atoms with Crippen LogP contribution in [0, 0.1) is 20.8 Å². The van der Waals surface area contributed by atoms with E-state index >= 15 is 0 Å². The molecule has 0 unspecified atom stereocenters. The summed E-state index contributed by atoms with van der Waals surface area (Å²) < 4.78 is 10.9. The summed E-state index contributed by atoms with van der Waals surface area (Å²) in [6.45, 7) is 5.50. The molecule has 2 heterocycles. The maximum Gasteiger partial charge on any atom is 0.191 e. The number of aryl methyl sites for hydroxylation is 3. The van der Waals surface area contributed by atoms with Crippen molar-refractivity contribution in [3.63, 3.8) is 0 Å². The third kappa shape index (κ3) is 2.55. The van der Waals surface area contributed by atoms with Gasteiger partial charge in [-0.05, 0) is 45.7 Å². The molecule has 0 aliphatic carbocycles. The normalized spacial score (nSPS) is 10.8. The Morgan fingerprint density at radius 3 is 2.56 bits per heavy atom. The lowest BCUT2D eigenvalue weighted by Gasteiger charge is -2.07. The van der Waals surface area contributed by atoms with Crippen LogP contribution in [0.3, 0.4) is 0 Å². The van der Waals surface area contributed by atoms with Crippen molar-refractivity contribution >= 4 is 0 Å². The van der Waals surface area contributed by atoms with E-state index in [4.69, 9.17) is 8.83 Å². The minimum absolute atomic E-state index is 0.121. The summed E-state index contributed by atoms with van der Waals surface area (Å²) in [5.74, 6) is 2.41. The van der Waals surface area contributed by atoms with Gasteiger partial charge in [0.15, 0.2) is 5.43 Å². The number of rotatable bonds is 4. The van der Waals surface area contributed by atoms with Crippen LogP contribution in [0.25, 0.3) is 0 Å². The molecule has 0 atom stereocenters. The van der Waals surface area contributed by atoms with Crippen molar-refractivity contribution in [1.82, 2.24) is 0 Å². The average Bonchev–Trinajstić information content (AvgIpc) is 2.84. The molecule has 0 bridgehead atoms. The number of hydrogen-bond acceptors (Lipinski definition) is 3. The van der Waals surface area contributed by atoms with Crippen LogP contribution in [0.5, 0.6) is 0 Å². The fraction of sp³-hybridized carbons (Fsp3) is 0.400. The molecule has 0 saturated heterocycles. The lowest BCUT2D eigenvalue weighted by atomic mass is 10.0. The fourth-order valence-corrected chi connectivity index (χ4v) is 2.10. The lowest BCUT2D eigenvalue weighted by Crippen LogP contribution is -2.15. The predicted octanol–water partition coefficient (Wildman–Crippen LogP) is 3.33. The van der Waals surface area contributed by atoms with Gasteiger partial charge in [-0.3, -0.25) is 4.79 Å². The third-order valence-corrected chi connectivity index (χ3v) is 3.30. The highest BCUT2D eigenvalue weighted by Gasteiger charge is 2.11. The van der Waals surface area contributed by atoms with Crippen molar-refractivity contribution in [2.24, 2.45) is 0 Å². The second kappa shape index (κ2) is 5.25. The van der Waals surface area contributed by atoms with Gasteiger partial charge < -0.3 is 8.83 Å². The van der Waals surface area contributed by atoms with Gasteiger partial charge in [0.05, 0.1) is 6.26 Å². The first kappa shape index (κ1) is 12.7. The topological polar surface area (TPSA) is 43.4 Å². The molecule has 96 valence electrons. The summed E-state index contributed by atoms with van der Waals surface area (Å²) in [4.78, 5) is 12.1. The summed E-state index contributed by atoms with van der Waals surface area (Å²) >= 11 is 0. The van der Waals surface area contributed by atoms with Gasteiger partial charge in [0.2, 0.25) is 0 Å². The molecular weight excluding hydrogens is 228 g/mol. The van der Waals surface area contributed by atoms with E-state index in [1.54, 1.807) is 6.26 Å². The van der Waals surface area contributed by atoms with Gasteiger partial charge in [0, 0.05) is 17.5 Å². The Morgan fingerprint density at radius 2 is 1.89 bits per heavy atom. The van der Waals surface area contributed by atoms with E-state index in [0.717, 1.165) is 36.3 Å². The third-order valence-electron chi connectivity index (χ3n) is 3.30. The first-order valence-electron chi connectivity index (χ1n) is 6.21. The molecule has 18 heavy (non-hydrogen) atoms. The molecule has 2 rings (SSSR count). The van der Waals surface area contributed by atoms with Gasteiger partial charge in [-0.15, -0.1) is 0 Å². The van der Waals surface area contributed by atoms with Crippen LogP contribution in [0.1, 0.15) is 34.8 Å². The maximum absolute atomic E-state index is 12.1. The van der Waals surface area contributed by atoms with E-state index in [2.05, 4.69) is 0 Å². The lowest BCUT2D eigenvalue weighted by molar-refractivity contribution is 0.466.